The lowest BCUT2D eigenvalue weighted by molar-refractivity contribution is -0.0622. The molecule has 0 aromatic heterocycles. The zero-order valence-electron chi connectivity index (χ0n) is 15.7. The smallest absolute Gasteiger partial charge is 0.182 e. The fourth-order valence-electron chi connectivity index (χ4n) is 5.99. The molecule has 0 unspecified atom stereocenters. The van der Waals surface area contributed by atoms with Crippen molar-refractivity contribution in [1.29, 1.82) is 0 Å². The summed E-state index contributed by atoms with van der Waals surface area (Å²) < 4.78 is 6.17. The van der Waals surface area contributed by atoms with E-state index >= 15 is 0 Å². The number of Topliss-reactive ketones (excluding diaryl/α,β-unsaturated/α-hetero) is 1. The van der Waals surface area contributed by atoms with Crippen molar-refractivity contribution < 1.29 is 19.7 Å². The van der Waals surface area contributed by atoms with Gasteiger partial charge in [0.2, 0.25) is 0 Å². The molecule has 144 valence electrons. The van der Waals surface area contributed by atoms with Crippen LogP contribution in [0.4, 0.5) is 0 Å². The van der Waals surface area contributed by atoms with Crippen molar-refractivity contribution >= 4 is 5.78 Å². The summed E-state index contributed by atoms with van der Waals surface area (Å²) in [6.45, 7) is 3.67. The van der Waals surface area contributed by atoms with E-state index in [0.29, 0.717) is 11.3 Å². The van der Waals surface area contributed by atoms with Gasteiger partial charge >= 0.3 is 0 Å². The van der Waals surface area contributed by atoms with Crippen molar-refractivity contribution in [2.24, 2.45) is 0 Å². The number of benzene rings is 1. The van der Waals surface area contributed by atoms with E-state index in [1.165, 1.54) is 6.07 Å². The average molecular weight is 370 g/mol. The monoisotopic (exact) mass is 370 g/mol. The molecule has 0 amide bonds. The third-order valence-corrected chi connectivity index (χ3v) is 7.11. The number of hydrogen-bond acceptors (Lipinski definition) is 6. The van der Waals surface area contributed by atoms with Crippen molar-refractivity contribution in [3.8, 4) is 11.5 Å². The Morgan fingerprint density at radius 1 is 1.41 bits per heavy atom. The standard InChI is InChI=1S/C21H26N2O4/c1-3-4-10-22-21-8-7-14(25)19-20(21)9-11-23(2)18(21)16(26)12-5-6-13(24)17(27-19)15(12)20/h5-8,14,18-19,22,24-25H,3-4,9-11H2,1-2H3/t14-,18+,19-,20-,21+/m0/s1. The number of nitrogens with zero attached hydrogens (tertiary/aromatic N) is 1. The highest BCUT2D eigenvalue weighted by molar-refractivity contribution is 6.06. The van der Waals surface area contributed by atoms with E-state index < -0.39 is 23.2 Å². The quantitative estimate of drug-likeness (QED) is 0.548. The molecule has 6 nitrogen and oxygen atoms in total. The normalized spacial score (nSPS) is 38.6. The van der Waals surface area contributed by atoms with Crippen LogP contribution in [0.25, 0.3) is 0 Å². The molecule has 2 bridgehead atoms. The summed E-state index contributed by atoms with van der Waals surface area (Å²) in [7, 11) is 1.99. The number of aliphatic hydroxyl groups excluding tert-OH is 1. The summed E-state index contributed by atoms with van der Waals surface area (Å²) in [5, 5.41) is 25.0. The van der Waals surface area contributed by atoms with E-state index in [-0.39, 0.29) is 17.6 Å². The van der Waals surface area contributed by atoms with Gasteiger partial charge in [-0.05, 0) is 45.1 Å². The molecule has 5 rings (SSSR count). The van der Waals surface area contributed by atoms with Crippen molar-refractivity contribution in [1.82, 2.24) is 10.2 Å². The van der Waals surface area contributed by atoms with Gasteiger partial charge in [-0.2, -0.15) is 0 Å². The van der Waals surface area contributed by atoms with Crippen LogP contribution in [0, 0.1) is 0 Å². The Kier molecular flexibility index (Phi) is 3.55. The summed E-state index contributed by atoms with van der Waals surface area (Å²) in [5.74, 6) is 0.467. The molecule has 0 saturated carbocycles. The van der Waals surface area contributed by atoms with Gasteiger partial charge in [0.05, 0.1) is 17.0 Å². The molecule has 2 aliphatic carbocycles. The number of aromatic hydroxyl groups is 1. The molecular formula is C21H26N2O4. The molecule has 1 fully saturated rings. The van der Waals surface area contributed by atoms with E-state index in [1.807, 2.05) is 13.1 Å². The van der Waals surface area contributed by atoms with Gasteiger partial charge in [-0.1, -0.05) is 25.5 Å². The van der Waals surface area contributed by atoms with Gasteiger partial charge in [0.15, 0.2) is 17.3 Å². The predicted molar refractivity (Wildman–Crippen MR) is 100 cm³/mol. The van der Waals surface area contributed by atoms with Crippen LogP contribution >= 0.6 is 0 Å². The maximum atomic E-state index is 13.6. The first-order chi connectivity index (χ1) is 13.0. The molecule has 1 saturated heterocycles. The third kappa shape index (κ3) is 1.84. The largest absolute Gasteiger partial charge is 0.504 e. The molecule has 27 heavy (non-hydrogen) atoms. The number of rotatable bonds is 4. The number of likely N-dealkylation sites (tertiary alicyclic amines) is 1. The average Bonchev–Trinajstić information content (AvgIpc) is 3.00. The van der Waals surface area contributed by atoms with Crippen LogP contribution in [0.1, 0.15) is 42.1 Å². The van der Waals surface area contributed by atoms with E-state index in [0.717, 1.165) is 37.9 Å². The van der Waals surface area contributed by atoms with Gasteiger partial charge in [0.1, 0.15) is 12.2 Å². The maximum absolute atomic E-state index is 13.6. The Balaban J connectivity index is 1.82. The molecule has 2 aliphatic heterocycles. The second-order valence-electron chi connectivity index (χ2n) is 8.34. The summed E-state index contributed by atoms with van der Waals surface area (Å²) in [5.41, 5.74) is 0.192. The lowest BCUT2D eigenvalue weighted by Gasteiger charge is -2.63. The second-order valence-corrected chi connectivity index (χ2v) is 8.34. The number of ketones is 1. The zero-order valence-corrected chi connectivity index (χ0v) is 15.7. The Hall–Kier alpha value is -1.89. The van der Waals surface area contributed by atoms with Crippen LogP contribution in [0.2, 0.25) is 0 Å². The van der Waals surface area contributed by atoms with Gasteiger partial charge in [0, 0.05) is 11.1 Å². The first kappa shape index (κ1) is 17.2. The van der Waals surface area contributed by atoms with Crippen LogP contribution in [-0.4, -0.2) is 64.8 Å². The fourth-order valence-corrected chi connectivity index (χ4v) is 5.99. The minimum atomic E-state index is -0.775. The number of nitrogens with one attached hydrogen (secondary N) is 1. The molecule has 5 atom stereocenters. The molecular weight excluding hydrogens is 344 g/mol. The van der Waals surface area contributed by atoms with Gasteiger partial charge in [-0.25, -0.2) is 0 Å². The molecule has 6 heteroatoms. The number of ether oxygens (including phenoxy) is 1. The number of unbranched alkanes of at least 4 members (excludes halogenated alkanes) is 1. The number of carbonyl (C=O) groups excluding carboxylic acids is 1. The van der Waals surface area contributed by atoms with Crippen molar-refractivity contribution in [3.63, 3.8) is 0 Å². The molecule has 4 aliphatic rings. The Labute approximate surface area is 158 Å². The van der Waals surface area contributed by atoms with Crippen molar-refractivity contribution in [2.75, 3.05) is 20.1 Å². The SMILES string of the molecule is CCCCN[C@@]12C=C[C@H](O)[C@@H]3Oc4c(O)ccc5c4[C@@]31CCN(C)[C@@H]2C5=O. The Morgan fingerprint density at radius 3 is 3.00 bits per heavy atom. The molecule has 2 heterocycles. The van der Waals surface area contributed by atoms with E-state index in [2.05, 4.69) is 17.1 Å². The maximum Gasteiger partial charge on any atom is 0.182 e. The zero-order chi connectivity index (χ0) is 19.0. The number of piperidine rings is 1. The second kappa shape index (κ2) is 5.56. The minimum absolute atomic E-state index is 0.0392. The first-order valence-electron chi connectivity index (χ1n) is 9.88. The number of carbonyl (C=O) groups is 1. The molecule has 3 N–H and O–H groups in total. The first-order valence-corrected chi connectivity index (χ1v) is 9.88. The van der Waals surface area contributed by atoms with Crippen LogP contribution in [0.3, 0.4) is 0 Å². The summed E-state index contributed by atoms with van der Waals surface area (Å²) in [6, 6.07) is 2.89. The van der Waals surface area contributed by atoms with Gasteiger partial charge < -0.3 is 20.3 Å². The molecule has 1 spiro atoms. The van der Waals surface area contributed by atoms with E-state index in [9.17, 15) is 15.0 Å². The molecule has 1 aromatic carbocycles. The minimum Gasteiger partial charge on any atom is -0.504 e. The van der Waals surface area contributed by atoms with Gasteiger partial charge in [-0.15, -0.1) is 0 Å². The third-order valence-electron chi connectivity index (χ3n) is 7.11. The number of likely N-dealkylation sites (N-methyl/N-ethyl adjacent to an activating group) is 1. The molecule has 1 aromatic rings. The fraction of sp³-hybridized carbons (Fsp3) is 0.571. The summed E-state index contributed by atoms with van der Waals surface area (Å²) in [4.78, 5) is 15.7. The van der Waals surface area contributed by atoms with Crippen molar-refractivity contribution in [2.45, 2.75) is 55.4 Å². The van der Waals surface area contributed by atoms with Gasteiger partial charge in [-0.3, -0.25) is 9.69 Å². The lowest BCUT2D eigenvalue weighted by atomic mass is 9.48. The highest BCUT2D eigenvalue weighted by Gasteiger charge is 2.73. The number of phenols is 1. The molecule has 0 radical (unpaired) electrons. The number of phenolic OH excluding ortho intramolecular Hbond substituents is 1. The Morgan fingerprint density at radius 2 is 2.22 bits per heavy atom. The van der Waals surface area contributed by atoms with Crippen LogP contribution < -0.4 is 10.1 Å². The van der Waals surface area contributed by atoms with Crippen LogP contribution in [0.5, 0.6) is 11.5 Å². The summed E-state index contributed by atoms with van der Waals surface area (Å²) in [6.07, 6.45) is 5.29. The number of aliphatic hydroxyl groups is 1. The van der Waals surface area contributed by atoms with Gasteiger partial charge in [0.25, 0.3) is 0 Å². The number of hydrogen-bond donors (Lipinski definition) is 3. The van der Waals surface area contributed by atoms with E-state index in [4.69, 9.17) is 4.74 Å². The predicted octanol–water partition coefficient (Wildman–Crippen LogP) is 1.35. The highest BCUT2D eigenvalue weighted by Crippen LogP contribution is 2.63. The van der Waals surface area contributed by atoms with Crippen molar-refractivity contribution in [3.05, 3.63) is 35.4 Å². The topological polar surface area (TPSA) is 82.0 Å². The van der Waals surface area contributed by atoms with E-state index in [1.54, 1.807) is 12.1 Å². The highest BCUT2D eigenvalue weighted by atomic mass is 16.5. The summed E-state index contributed by atoms with van der Waals surface area (Å²) >= 11 is 0. The van der Waals surface area contributed by atoms with Crippen LogP contribution in [-0.2, 0) is 5.41 Å². The van der Waals surface area contributed by atoms with Crippen LogP contribution in [0.15, 0.2) is 24.3 Å². The lowest BCUT2D eigenvalue weighted by Crippen LogP contribution is -2.81. The Bertz CT molecular complexity index is 853.